The van der Waals surface area contributed by atoms with Crippen molar-refractivity contribution in [3.63, 3.8) is 0 Å². The smallest absolute Gasteiger partial charge is 0.155 e. The molecule has 0 saturated heterocycles. The van der Waals surface area contributed by atoms with Gasteiger partial charge in [-0.2, -0.15) is 10.2 Å². The third-order valence-electron chi connectivity index (χ3n) is 4.72. The van der Waals surface area contributed by atoms with Crippen molar-refractivity contribution in [2.75, 3.05) is 19.0 Å². The second kappa shape index (κ2) is 4.77. The van der Waals surface area contributed by atoms with Crippen molar-refractivity contribution in [1.29, 1.82) is 0 Å². The number of rotatable bonds is 3. The number of anilines is 1. The van der Waals surface area contributed by atoms with Gasteiger partial charge in [-0.25, -0.2) is 13.8 Å². The van der Waals surface area contributed by atoms with Gasteiger partial charge >= 0.3 is 0 Å². The first-order chi connectivity index (χ1) is 11.0. The van der Waals surface area contributed by atoms with E-state index >= 15 is 0 Å². The minimum absolute atomic E-state index is 0.158. The van der Waals surface area contributed by atoms with Crippen LogP contribution in [0.4, 0.5) is 14.5 Å². The van der Waals surface area contributed by atoms with Gasteiger partial charge in [-0.1, -0.05) is 11.8 Å². The summed E-state index contributed by atoms with van der Waals surface area (Å²) in [5.74, 6) is -0.750. The van der Waals surface area contributed by atoms with Crippen molar-refractivity contribution in [2.45, 2.75) is 16.7 Å². The van der Waals surface area contributed by atoms with Gasteiger partial charge in [0.1, 0.15) is 18.0 Å². The molecule has 1 fully saturated rings. The Hall–Kier alpha value is -1.96. The van der Waals surface area contributed by atoms with Crippen LogP contribution in [0.2, 0.25) is 0 Å². The molecule has 23 heavy (non-hydrogen) atoms. The Morgan fingerprint density at radius 1 is 1.35 bits per heavy atom. The Labute approximate surface area is 135 Å². The Morgan fingerprint density at radius 3 is 2.87 bits per heavy atom. The second-order valence-corrected chi connectivity index (χ2v) is 7.36. The summed E-state index contributed by atoms with van der Waals surface area (Å²) < 4.78 is 28.1. The molecule has 0 bridgehead atoms. The number of hydrogen-bond acceptors (Lipinski definition) is 6. The van der Waals surface area contributed by atoms with Crippen LogP contribution in [0.3, 0.4) is 0 Å². The number of aliphatic imine (C=N–C) groups is 1. The second-order valence-electron chi connectivity index (χ2n) is 6.01. The Morgan fingerprint density at radius 2 is 2.17 bits per heavy atom. The molecular formula is C15H15F2N5S. The molecule has 0 amide bonds. The molecule has 1 aliphatic carbocycles. The molecule has 1 aromatic carbocycles. The average molecular weight is 335 g/mol. The number of nitrogens with two attached hydrogens (primary N) is 2. The van der Waals surface area contributed by atoms with Crippen molar-refractivity contribution in [3.05, 3.63) is 41.4 Å². The number of thioether (sulfide) groups is 1. The molecule has 0 spiro atoms. The molecule has 4 N–H and O–H groups in total. The van der Waals surface area contributed by atoms with Crippen LogP contribution >= 0.6 is 11.8 Å². The topological polar surface area (TPSA) is 89.1 Å². The van der Waals surface area contributed by atoms with Crippen LogP contribution in [0.1, 0.15) is 12.0 Å². The highest BCUT2D eigenvalue weighted by atomic mass is 32.2. The maximum Gasteiger partial charge on any atom is 0.155 e. The maximum absolute atomic E-state index is 14.4. The fourth-order valence-corrected chi connectivity index (χ4v) is 4.99. The van der Waals surface area contributed by atoms with E-state index in [1.54, 1.807) is 0 Å². The summed E-state index contributed by atoms with van der Waals surface area (Å²) in [6.45, 7) is -0.331. The third-order valence-corrected chi connectivity index (χ3v) is 6.05. The number of azo groups is 1. The number of hydrogen-bond donors (Lipinski definition) is 2. The minimum atomic E-state index is -1.35. The first-order valence-electron chi connectivity index (χ1n) is 7.26. The molecule has 0 unspecified atom stereocenters. The molecule has 5 nitrogen and oxygen atoms in total. The lowest BCUT2D eigenvalue weighted by Crippen LogP contribution is -2.40. The fourth-order valence-electron chi connectivity index (χ4n) is 3.59. The van der Waals surface area contributed by atoms with Gasteiger partial charge in [0.2, 0.25) is 0 Å². The number of alkyl halides is 1. The van der Waals surface area contributed by atoms with Crippen LogP contribution in [0.25, 0.3) is 0 Å². The lowest BCUT2D eigenvalue weighted by Gasteiger charge is -2.35. The van der Waals surface area contributed by atoms with E-state index in [2.05, 4.69) is 15.2 Å². The molecule has 120 valence electrons. The van der Waals surface area contributed by atoms with Crippen molar-refractivity contribution in [3.8, 4) is 0 Å². The van der Waals surface area contributed by atoms with Crippen LogP contribution in [0, 0.1) is 11.7 Å². The van der Waals surface area contributed by atoms with E-state index in [1.165, 1.54) is 30.0 Å². The highest BCUT2D eigenvalue weighted by Gasteiger charge is 2.70. The SMILES string of the molecule is NC1=N[C@](CF)(c2cc(N)ccc2F)[C@@H]2C[C@]2(C2=CCN=N2)S1. The van der Waals surface area contributed by atoms with Crippen molar-refractivity contribution in [2.24, 2.45) is 26.9 Å². The van der Waals surface area contributed by atoms with Gasteiger partial charge in [0.15, 0.2) is 5.17 Å². The molecule has 0 radical (unpaired) electrons. The normalized spacial score (nSPS) is 34.8. The Bertz CT molecular complexity index is 777. The highest BCUT2D eigenvalue weighted by molar-refractivity contribution is 8.15. The maximum atomic E-state index is 14.4. The predicted octanol–water partition coefficient (Wildman–Crippen LogP) is 2.74. The summed E-state index contributed by atoms with van der Waals surface area (Å²) in [5, 5.41) is 8.36. The van der Waals surface area contributed by atoms with E-state index < -0.39 is 22.8 Å². The zero-order valence-electron chi connectivity index (χ0n) is 12.2. The number of nitrogen functional groups attached to an aromatic ring is 1. The van der Waals surface area contributed by atoms with E-state index in [1.807, 2.05) is 6.08 Å². The molecular weight excluding hydrogens is 320 g/mol. The monoisotopic (exact) mass is 335 g/mol. The quantitative estimate of drug-likeness (QED) is 0.832. The fraction of sp³-hybridized carbons (Fsp3) is 0.400. The van der Waals surface area contributed by atoms with E-state index in [0.29, 0.717) is 18.7 Å². The van der Waals surface area contributed by atoms with Crippen molar-refractivity contribution >= 4 is 22.6 Å². The molecule has 2 heterocycles. The third kappa shape index (κ3) is 1.94. The summed E-state index contributed by atoms with van der Waals surface area (Å²) in [6.07, 6.45) is 2.54. The lowest BCUT2D eigenvalue weighted by molar-refractivity contribution is 0.266. The van der Waals surface area contributed by atoms with Crippen LogP contribution in [0.5, 0.6) is 0 Å². The largest absolute Gasteiger partial charge is 0.399 e. The summed E-state index contributed by atoms with van der Waals surface area (Å²) in [5.41, 5.74) is 11.7. The van der Waals surface area contributed by atoms with E-state index in [-0.39, 0.29) is 16.6 Å². The van der Waals surface area contributed by atoms with Gasteiger partial charge < -0.3 is 11.5 Å². The molecule has 0 aromatic heterocycles. The van der Waals surface area contributed by atoms with E-state index in [9.17, 15) is 8.78 Å². The van der Waals surface area contributed by atoms with Gasteiger partial charge in [0, 0.05) is 17.2 Å². The first kappa shape index (κ1) is 14.6. The predicted molar refractivity (Wildman–Crippen MR) is 86.3 cm³/mol. The van der Waals surface area contributed by atoms with Crippen molar-refractivity contribution < 1.29 is 8.78 Å². The molecule has 1 aromatic rings. The highest BCUT2D eigenvalue weighted by Crippen LogP contribution is 2.69. The number of nitrogens with zero attached hydrogens (tertiary/aromatic N) is 3. The molecule has 1 saturated carbocycles. The zero-order chi connectivity index (χ0) is 16.2. The van der Waals surface area contributed by atoms with E-state index in [0.717, 1.165) is 5.70 Å². The minimum Gasteiger partial charge on any atom is -0.399 e. The van der Waals surface area contributed by atoms with Crippen LogP contribution in [0.15, 0.2) is 45.2 Å². The number of fused-ring (bicyclic) bond motifs is 1. The van der Waals surface area contributed by atoms with Gasteiger partial charge in [-0.3, -0.25) is 0 Å². The Balaban J connectivity index is 1.87. The van der Waals surface area contributed by atoms with Gasteiger partial charge in [0.25, 0.3) is 0 Å². The molecule has 2 aliphatic heterocycles. The molecule has 3 aliphatic rings. The number of benzene rings is 1. The summed E-state index contributed by atoms with van der Waals surface area (Å²) in [7, 11) is 0. The number of amidine groups is 1. The standard InChI is InChI=1S/C15H15F2N5S/c16-7-14(9-5-8(18)1-2-10(9)17)11-6-15(11,23-13(19)21-14)12-3-4-20-22-12/h1-3,5,11H,4,6-7,18H2,(H2,19,21)/t11-,14+,15-/m0/s1. The van der Waals surface area contributed by atoms with Gasteiger partial charge in [-0.15, -0.1) is 0 Å². The summed E-state index contributed by atoms with van der Waals surface area (Å²) in [6, 6.07) is 4.15. The van der Waals surface area contributed by atoms with Gasteiger partial charge in [0.05, 0.1) is 17.0 Å². The molecule has 3 atom stereocenters. The van der Waals surface area contributed by atoms with E-state index in [4.69, 9.17) is 11.5 Å². The Kier molecular flexibility index (Phi) is 3.03. The van der Waals surface area contributed by atoms with Crippen LogP contribution in [-0.4, -0.2) is 23.1 Å². The van der Waals surface area contributed by atoms with Gasteiger partial charge in [-0.05, 0) is 30.7 Å². The molecule has 4 rings (SSSR count). The lowest BCUT2D eigenvalue weighted by atomic mass is 9.84. The van der Waals surface area contributed by atoms with Crippen molar-refractivity contribution in [1.82, 2.24) is 0 Å². The molecule has 8 heteroatoms. The van der Waals surface area contributed by atoms with Crippen LogP contribution in [-0.2, 0) is 5.54 Å². The zero-order valence-corrected chi connectivity index (χ0v) is 13.0. The number of halogens is 2. The van der Waals surface area contributed by atoms with Crippen LogP contribution < -0.4 is 11.5 Å². The summed E-state index contributed by atoms with van der Waals surface area (Å²) in [4.78, 5) is 4.33. The average Bonchev–Trinajstić information content (AvgIpc) is 3.02. The first-order valence-corrected chi connectivity index (χ1v) is 8.07. The summed E-state index contributed by atoms with van der Waals surface area (Å²) >= 11 is 1.37.